The number of alkyl halides is 5. The van der Waals surface area contributed by atoms with Gasteiger partial charge in [-0.15, -0.1) is 0 Å². The van der Waals surface area contributed by atoms with E-state index < -0.39 is 45.7 Å². The summed E-state index contributed by atoms with van der Waals surface area (Å²) in [5, 5.41) is -0.278. The number of halogens is 6. The predicted molar refractivity (Wildman–Crippen MR) is 101 cm³/mol. The van der Waals surface area contributed by atoms with E-state index in [2.05, 4.69) is 4.98 Å². The monoisotopic (exact) mass is 467 g/mol. The summed E-state index contributed by atoms with van der Waals surface area (Å²) in [6, 6.07) is 8.41. The zero-order chi connectivity index (χ0) is 22.3. The van der Waals surface area contributed by atoms with Gasteiger partial charge >= 0.3 is 12.7 Å². The van der Waals surface area contributed by atoms with Crippen molar-refractivity contribution in [1.29, 1.82) is 0 Å². The van der Waals surface area contributed by atoms with Crippen LogP contribution in [0, 0.1) is 0 Å². The van der Waals surface area contributed by atoms with E-state index in [0.29, 0.717) is 16.2 Å². The first-order valence-corrected chi connectivity index (χ1v) is 10.4. The fourth-order valence-electron chi connectivity index (χ4n) is 2.98. The van der Waals surface area contributed by atoms with Crippen molar-refractivity contribution in [2.45, 2.75) is 30.5 Å². The lowest BCUT2D eigenvalue weighted by Crippen LogP contribution is -2.30. The number of hydrogen-bond donors (Lipinski definition) is 1. The van der Waals surface area contributed by atoms with Crippen LogP contribution in [0.15, 0.2) is 47.4 Å². The van der Waals surface area contributed by atoms with E-state index >= 15 is 0 Å². The molecule has 1 aromatic heterocycles. The Kier molecular flexibility index (Phi) is 6.08. The van der Waals surface area contributed by atoms with Crippen LogP contribution in [0.4, 0.5) is 22.0 Å². The molecule has 1 atom stereocenters. The second-order valence-electron chi connectivity index (χ2n) is 6.50. The Bertz CT molecular complexity index is 1180. The summed E-state index contributed by atoms with van der Waals surface area (Å²) in [5.74, 6) is -0.955. The molecule has 1 heterocycles. The number of nitrogens with one attached hydrogen (secondary N) is 1. The lowest BCUT2D eigenvalue weighted by molar-refractivity contribution is -0.139. The van der Waals surface area contributed by atoms with Gasteiger partial charge in [-0.3, -0.25) is 4.57 Å². The maximum Gasteiger partial charge on any atom is 0.417 e. The van der Waals surface area contributed by atoms with Crippen LogP contribution in [-0.4, -0.2) is 24.5 Å². The summed E-state index contributed by atoms with van der Waals surface area (Å²) in [4.78, 5) is 3.12. The largest absolute Gasteiger partial charge is 0.417 e. The Labute approximate surface area is 173 Å². The van der Waals surface area contributed by atoms with Gasteiger partial charge in [-0.2, -0.15) is 22.0 Å². The highest BCUT2D eigenvalue weighted by Crippen LogP contribution is 2.36. The Hall–Kier alpha value is -2.24. The topological polar surface area (TPSA) is 64.0 Å². The molecule has 0 aliphatic heterocycles. The molecule has 162 valence electrons. The number of rotatable bonds is 6. The van der Waals surface area contributed by atoms with E-state index in [0.717, 1.165) is 12.1 Å². The minimum absolute atomic E-state index is 0.0962. The minimum atomic E-state index is -4.95. The van der Waals surface area contributed by atoms with Crippen LogP contribution in [0.25, 0.3) is 11.0 Å². The highest BCUT2D eigenvalue weighted by atomic mass is 35.5. The first kappa shape index (κ1) is 22.4. The lowest BCUT2D eigenvalue weighted by atomic mass is 10.2. The summed E-state index contributed by atoms with van der Waals surface area (Å²) < 4.78 is 94.6. The molecule has 0 radical (unpaired) electrons. The smallest absolute Gasteiger partial charge is 0.270 e. The fourth-order valence-corrected chi connectivity index (χ4v) is 4.49. The summed E-state index contributed by atoms with van der Waals surface area (Å²) in [6.45, 7) is -1.94. The summed E-state index contributed by atoms with van der Waals surface area (Å²) in [7, 11) is -4.61. The zero-order valence-corrected chi connectivity index (χ0v) is 16.9. The van der Waals surface area contributed by atoms with E-state index in [4.69, 9.17) is 11.6 Å². The molecule has 0 saturated carbocycles. The summed E-state index contributed by atoms with van der Waals surface area (Å²) >= 11 is 5.57. The van der Waals surface area contributed by atoms with Gasteiger partial charge in [0.05, 0.1) is 21.5 Å². The third-order valence-electron chi connectivity index (χ3n) is 4.38. The van der Waals surface area contributed by atoms with E-state index in [1.807, 2.05) is 4.72 Å². The molecule has 3 rings (SSSR count). The average molecular weight is 468 g/mol. The van der Waals surface area contributed by atoms with Gasteiger partial charge in [0, 0.05) is 17.5 Å². The van der Waals surface area contributed by atoms with Crippen LogP contribution in [0.1, 0.15) is 30.8 Å². The first-order chi connectivity index (χ1) is 13.9. The molecule has 30 heavy (non-hydrogen) atoms. The highest BCUT2D eigenvalue weighted by Gasteiger charge is 2.37. The van der Waals surface area contributed by atoms with Crippen molar-refractivity contribution in [2.24, 2.45) is 0 Å². The maximum atomic E-state index is 13.6. The van der Waals surface area contributed by atoms with Crippen LogP contribution in [0.2, 0.25) is 5.02 Å². The van der Waals surface area contributed by atoms with Crippen LogP contribution < -0.4 is 4.72 Å². The van der Waals surface area contributed by atoms with Gasteiger partial charge in [-0.05, 0) is 30.3 Å². The van der Waals surface area contributed by atoms with E-state index in [-0.39, 0.29) is 16.4 Å². The number of fused-ring (bicyclic) bond motifs is 1. The van der Waals surface area contributed by atoms with Crippen LogP contribution >= 0.6 is 11.6 Å². The highest BCUT2D eigenvalue weighted by molar-refractivity contribution is 7.89. The SMILES string of the molecule is CC(CNS(=O)(=O)c1ccc(Cl)cc1C(F)(F)F)c1nc2ccccc2n1C(F)F. The number of sulfonamides is 1. The number of hydrogen-bond acceptors (Lipinski definition) is 3. The van der Waals surface area contributed by atoms with Gasteiger partial charge in [-0.25, -0.2) is 18.1 Å². The van der Waals surface area contributed by atoms with Gasteiger partial charge in [0.2, 0.25) is 10.0 Å². The van der Waals surface area contributed by atoms with Crippen molar-refractivity contribution in [3.05, 3.63) is 58.9 Å². The van der Waals surface area contributed by atoms with E-state index in [1.54, 1.807) is 12.1 Å². The minimum Gasteiger partial charge on any atom is -0.270 e. The number of para-hydroxylation sites is 2. The molecule has 0 fully saturated rings. The molecule has 0 spiro atoms. The predicted octanol–water partition coefficient (Wildman–Crippen LogP) is 5.19. The van der Waals surface area contributed by atoms with Gasteiger partial charge in [-0.1, -0.05) is 30.7 Å². The van der Waals surface area contributed by atoms with Crippen molar-refractivity contribution in [2.75, 3.05) is 6.54 Å². The molecule has 0 bridgehead atoms. The van der Waals surface area contributed by atoms with Gasteiger partial charge in [0.15, 0.2) is 0 Å². The molecule has 0 amide bonds. The summed E-state index contributed by atoms with van der Waals surface area (Å²) in [6.07, 6.45) is -4.95. The zero-order valence-electron chi connectivity index (χ0n) is 15.3. The Morgan fingerprint density at radius 3 is 2.47 bits per heavy atom. The maximum absolute atomic E-state index is 13.6. The standard InChI is InChI=1S/C18H15ClF5N3O2S/c1-10(16-26-13-4-2-3-5-14(13)27(16)17(20)21)9-25-30(28,29)15-7-6-11(19)8-12(15)18(22,23)24/h2-8,10,17,25H,9H2,1H3. The molecule has 1 N–H and O–H groups in total. The van der Waals surface area contributed by atoms with Crippen molar-refractivity contribution in [3.8, 4) is 0 Å². The number of benzene rings is 2. The van der Waals surface area contributed by atoms with Gasteiger partial charge in [0.1, 0.15) is 5.82 Å². The summed E-state index contributed by atoms with van der Waals surface area (Å²) in [5.41, 5.74) is -0.969. The Morgan fingerprint density at radius 1 is 1.17 bits per heavy atom. The first-order valence-electron chi connectivity index (χ1n) is 8.53. The van der Waals surface area contributed by atoms with Gasteiger partial charge < -0.3 is 0 Å². The third kappa shape index (κ3) is 4.42. The van der Waals surface area contributed by atoms with Crippen LogP contribution in [0.5, 0.6) is 0 Å². The molecule has 1 unspecified atom stereocenters. The van der Waals surface area contributed by atoms with Crippen molar-refractivity contribution >= 4 is 32.7 Å². The molecule has 5 nitrogen and oxygen atoms in total. The van der Waals surface area contributed by atoms with E-state index in [9.17, 15) is 30.4 Å². The number of nitrogens with zero attached hydrogens (tertiary/aromatic N) is 2. The lowest BCUT2D eigenvalue weighted by Gasteiger charge is -2.17. The Morgan fingerprint density at radius 2 is 1.83 bits per heavy atom. The van der Waals surface area contributed by atoms with Gasteiger partial charge in [0.25, 0.3) is 0 Å². The fraction of sp³-hybridized carbons (Fsp3) is 0.278. The second-order valence-corrected chi connectivity index (χ2v) is 8.67. The Balaban J connectivity index is 1.91. The molecular weight excluding hydrogens is 453 g/mol. The van der Waals surface area contributed by atoms with Crippen molar-refractivity contribution in [3.63, 3.8) is 0 Å². The van der Waals surface area contributed by atoms with E-state index in [1.165, 1.54) is 19.1 Å². The molecule has 2 aromatic carbocycles. The average Bonchev–Trinajstić information content (AvgIpc) is 3.05. The molecule has 0 saturated heterocycles. The van der Waals surface area contributed by atoms with Crippen LogP contribution in [-0.2, 0) is 16.2 Å². The normalized spacial score (nSPS) is 13.9. The van der Waals surface area contributed by atoms with Crippen molar-refractivity contribution in [1.82, 2.24) is 14.3 Å². The number of imidazole rings is 1. The molecule has 3 aromatic rings. The second kappa shape index (κ2) is 8.12. The molecule has 0 aliphatic carbocycles. The molecular formula is C18H15ClF5N3O2S. The molecule has 0 aliphatic rings. The van der Waals surface area contributed by atoms with Crippen molar-refractivity contribution < 1.29 is 30.4 Å². The molecule has 12 heteroatoms. The van der Waals surface area contributed by atoms with Crippen LogP contribution in [0.3, 0.4) is 0 Å². The third-order valence-corrected chi connectivity index (χ3v) is 6.09. The quantitative estimate of drug-likeness (QED) is 0.508. The number of aromatic nitrogens is 2.